The van der Waals surface area contributed by atoms with Gasteiger partial charge in [0, 0.05) is 37.7 Å². The molecule has 5 nitrogen and oxygen atoms in total. The minimum Gasteiger partial charge on any atom is -0.296 e. The second-order valence-corrected chi connectivity index (χ2v) is 8.73. The molecule has 0 aliphatic carbocycles. The summed E-state index contributed by atoms with van der Waals surface area (Å²) in [5, 5.41) is 5.12. The van der Waals surface area contributed by atoms with E-state index < -0.39 is 0 Å². The maximum Gasteiger partial charge on any atom is 0.254 e. The average Bonchev–Trinajstić information content (AvgIpc) is 2.86. The van der Waals surface area contributed by atoms with Crippen molar-refractivity contribution in [2.24, 2.45) is 5.10 Å². The minimum atomic E-state index is -0.0881. The lowest BCUT2D eigenvalue weighted by Crippen LogP contribution is -2.48. The second-order valence-electron chi connectivity index (χ2n) is 8.32. The Labute approximate surface area is 200 Å². The molecule has 0 spiro atoms. The van der Waals surface area contributed by atoms with Gasteiger partial charge in [-0.25, -0.2) is 5.43 Å². The molecular weight excluding hydrogens is 432 g/mol. The summed E-state index contributed by atoms with van der Waals surface area (Å²) in [5.41, 5.74) is 7.97. The highest BCUT2D eigenvalue weighted by Crippen LogP contribution is 2.20. The Morgan fingerprint density at radius 2 is 1.45 bits per heavy atom. The van der Waals surface area contributed by atoms with Crippen LogP contribution in [0.3, 0.4) is 0 Å². The third kappa shape index (κ3) is 6.51. The van der Waals surface area contributed by atoms with Crippen molar-refractivity contribution >= 4 is 23.2 Å². The van der Waals surface area contributed by atoms with Gasteiger partial charge >= 0.3 is 0 Å². The molecule has 0 aromatic heterocycles. The molecule has 0 atom stereocenters. The maximum atomic E-state index is 12.4. The lowest BCUT2D eigenvalue weighted by Gasteiger charge is -2.34. The van der Waals surface area contributed by atoms with Crippen molar-refractivity contribution in [2.75, 3.05) is 32.7 Å². The number of amides is 1. The van der Waals surface area contributed by atoms with Gasteiger partial charge in [0.25, 0.3) is 5.91 Å². The summed E-state index contributed by atoms with van der Waals surface area (Å²) < 4.78 is 0. The molecule has 0 unspecified atom stereocenters. The zero-order chi connectivity index (χ0) is 23.0. The molecule has 1 heterocycles. The maximum absolute atomic E-state index is 12.4. The van der Waals surface area contributed by atoms with Gasteiger partial charge in [-0.1, -0.05) is 84.4 Å². The molecule has 170 valence electrons. The van der Waals surface area contributed by atoms with Crippen molar-refractivity contribution in [3.05, 3.63) is 95.0 Å². The number of hydrazone groups is 1. The smallest absolute Gasteiger partial charge is 0.254 e. The Hall–Kier alpha value is -2.99. The Morgan fingerprint density at radius 3 is 2.15 bits per heavy atom. The predicted octanol–water partition coefficient (Wildman–Crippen LogP) is 4.67. The zero-order valence-corrected chi connectivity index (χ0v) is 19.6. The van der Waals surface area contributed by atoms with Crippen molar-refractivity contribution in [3.8, 4) is 11.1 Å². The Morgan fingerprint density at radius 1 is 0.848 bits per heavy atom. The molecule has 1 saturated heterocycles. The van der Waals surface area contributed by atoms with Crippen LogP contribution in [0.1, 0.15) is 18.1 Å². The van der Waals surface area contributed by atoms with Crippen LogP contribution in [-0.4, -0.2) is 54.1 Å². The van der Waals surface area contributed by atoms with E-state index in [1.54, 1.807) is 0 Å². The second kappa shape index (κ2) is 11.2. The van der Waals surface area contributed by atoms with E-state index in [2.05, 4.69) is 50.7 Å². The molecule has 33 heavy (non-hydrogen) atoms. The van der Waals surface area contributed by atoms with Crippen molar-refractivity contribution < 1.29 is 4.79 Å². The van der Waals surface area contributed by atoms with E-state index in [0.29, 0.717) is 6.54 Å². The molecule has 6 heteroatoms. The van der Waals surface area contributed by atoms with E-state index in [1.807, 2.05) is 55.5 Å². The normalized spacial score (nSPS) is 15.4. The summed E-state index contributed by atoms with van der Waals surface area (Å²) in [5.74, 6) is -0.0881. The number of benzene rings is 3. The summed E-state index contributed by atoms with van der Waals surface area (Å²) >= 11 is 6.28. The Balaban J connectivity index is 1.23. The van der Waals surface area contributed by atoms with Gasteiger partial charge in [0.15, 0.2) is 0 Å². The summed E-state index contributed by atoms with van der Waals surface area (Å²) in [7, 11) is 0. The highest BCUT2D eigenvalue weighted by molar-refractivity contribution is 6.31. The van der Waals surface area contributed by atoms with Crippen LogP contribution in [0.25, 0.3) is 11.1 Å². The van der Waals surface area contributed by atoms with E-state index in [0.717, 1.165) is 60.1 Å². The first-order chi connectivity index (χ1) is 16.1. The summed E-state index contributed by atoms with van der Waals surface area (Å²) in [6.07, 6.45) is 0. The Kier molecular flexibility index (Phi) is 7.89. The number of carbonyl (C=O) groups excluding carboxylic acids is 1. The first-order valence-electron chi connectivity index (χ1n) is 11.3. The van der Waals surface area contributed by atoms with Crippen LogP contribution in [0, 0.1) is 0 Å². The zero-order valence-electron chi connectivity index (χ0n) is 18.9. The molecule has 4 rings (SSSR count). The van der Waals surface area contributed by atoms with Crippen LogP contribution >= 0.6 is 11.6 Å². The largest absolute Gasteiger partial charge is 0.296 e. The lowest BCUT2D eigenvalue weighted by atomic mass is 10.0. The molecule has 1 aliphatic rings. The molecule has 1 N–H and O–H groups in total. The van der Waals surface area contributed by atoms with E-state index in [4.69, 9.17) is 11.6 Å². The van der Waals surface area contributed by atoms with Crippen molar-refractivity contribution in [1.82, 2.24) is 15.2 Å². The number of nitrogens with zero attached hydrogens (tertiary/aromatic N) is 3. The monoisotopic (exact) mass is 460 g/mol. The van der Waals surface area contributed by atoms with Gasteiger partial charge in [-0.05, 0) is 35.2 Å². The SMILES string of the molecule is C/C(=N/NC(=O)CN1CCN(Cc2ccccc2Cl)CC1)c1ccc(-c2ccccc2)cc1. The topological polar surface area (TPSA) is 47.9 Å². The number of nitrogens with one attached hydrogen (secondary N) is 1. The van der Waals surface area contributed by atoms with Gasteiger partial charge in [-0.2, -0.15) is 5.10 Å². The number of rotatable bonds is 7. The van der Waals surface area contributed by atoms with E-state index in [-0.39, 0.29) is 5.91 Å². The molecule has 1 fully saturated rings. The number of hydrogen-bond acceptors (Lipinski definition) is 4. The van der Waals surface area contributed by atoms with Gasteiger partial charge in [0.05, 0.1) is 12.3 Å². The fourth-order valence-electron chi connectivity index (χ4n) is 3.96. The van der Waals surface area contributed by atoms with Crippen LogP contribution in [0.15, 0.2) is 84.0 Å². The van der Waals surface area contributed by atoms with E-state index in [9.17, 15) is 4.79 Å². The van der Waals surface area contributed by atoms with Crippen molar-refractivity contribution in [2.45, 2.75) is 13.5 Å². The van der Waals surface area contributed by atoms with Crippen molar-refractivity contribution in [1.29, 1.82) is 0 Å². The summed E-state index contributed by atoms with van der Waals surface area (Å²) in [4.78, 5) is 16.9. The predicted molar refractivity (Wildman–Crippen MR) is 135 cm³/mol. The molecule has 0 bridgehead atoms. The number of carbonyl (C=O) groups is 1. The Bertz CT molecular complexity index is 1090. The molecular formula is C27H29ClN4O. The molecule has 1 aliphatic heterocycles. The fourth-order valence-corrected chi connectivity index (χ4v) is 4.15. The van der Waals surface area contributed by atoms with Gasteiger partial charge in [-0.3, -0.25) is 14.6 Å². The molecule has 0 radical (unpaired) electrons. The van der Waals surface area contributed by atoms with Crippen LogP contribution in [0.4, 0.5) is 0 Å². The number of hydrogen-bond donors (Lipinski definition) is 1. The third-order valence-electron chi connectivity index (χ3n) is 5.94. The summed E-state index contributed by atoms with van der Waals surface area (Å²) in [6, 6.07) is 26.4. The van der Waals surface area contributed by atoms with Crippen LogP contribution in [0.2, 0.25) is 5.02 Å². The number of halogens is 1. The van der Waals surface area contributed by atoms with Crippen LogP contribution in [0.5, 0.6) is 0 Å². The van der Waals surface area contributed by atoms with E-state index >= 15 is 0 Å². The first kappa shape index (κ1) is 23.2. The van der Waals surface area contributed by atoms with Crippen molar-refractivity contribution in [3.63, 3.8) is 0 Å². The molecule has 0 saturated carbocycles. The van der Waals surface area contributed by atoms with Gasteiger partial charge < -0.3 is 0 Å². The van der Waals surface area contributed by atoms with Gasteiger partial charge in [-0.15, -0.1) is 0 Å². The highest BCUT2D eigenvalue weighted by Gasteiger charge is 2.19. The molecule has 1 amide bonds. The third-order valence-corrected chi connectivity index (χ3v) is 6.31. The quantitative estimate of drug-likeness (QED) is 0.412. The minimum absolute atomic E-state index is 0.0881. The fraction of sp³-hybridized carbons (Fsp3) is 0.259. The molecule has 3 aromatic carbocycles. The van der Waals surface area contributed by atoms with Gasteiger partial charge in [0.2, 0.25) is 0 Å². The van der Waals surface area contributed by atoms with Gasteiger partial charge in [0.1, 0.15) is 0 Å². The first-order valence-corrected chi connectivity index (χ1v) is 11.6. The number of piperazine rings is 1. The molecule has 3 aromatic rings. The standard InChI is InChI=1S/C27H29ClN4O/c1-21(22-11-13-24(14-12-22)23-7-3-2-4-8-23)29-30-27(33)20-32-17-15-31(16-18-32)19-25-9-5-6-10-26(25)28/h2-14H,15-20H2,1H3,(H,30,33)/b29-21-. The van der Waals surface area contributed by atoms with E-state index in [1.165, 1.54) is 5.56 Å². The lowest BCUT2D eigenvalue weighted by molar-refractivity contribution is -0.122. The van der Waals surface area contributed by atoms with Crippen LogP contribution < -0.4 is 5.43 Å². The highest BCUT2D eigenvalue weighted by atomic mass is 35.5. The average molecular weight is 461 g/mol. The van der Waals surface area contributed by atoms with Crippen LogP contribution in [-0.2, 0) is 11.3 Å². The summed E-state index contributed by atoms with van der Waals surface area (Å²) in [6.45, 7) is 6.62.